The number of amidine groups is 1. The fourth-order valence-electron chi connectivity index (χ4n) is 2.83. The third-order valence-corrected chi connectivity index (χ3v) is 5.33. The van der Waals surface area contributed by atoms with E-state index in [0.29, 0.717) is 11.3 Å². The van der Waals surface area contributed by atoms with Gasteiger partial charge in [-0.1, -0.05) is 12.1 Å². The van der Waals surface area contributed by atoms with Gasteiger partial charge in [-0.2, -0.15) is 13.5 Å². The number of rotatable bonds is 5. The number of aryl methyl sites for hydroxylation is 1. The van der Waals surface area contributed by atoms with E-state index in [1.165, 1.54) is 17.3 Å². The molecule has 2 aromatic rings. The number of hydrogen-bond donors (Lipinski definition) is 1. The molecule has 1 N–H and O–H groups in total. The van der Waals surface area contributed by atoms with E-state index in [1.54, 1.807) is 30.3 Å². The molecule has 0 radical (unpaired) electrons. The number of hydrogen-bond acceptors (Lipinski definition) is 6. The van der Waals surface area contributed by atoms with Gasteiger partial charge in [-0.3, -0.25) is 4.79 Å². The summed E-state index contributed by atoms with van der Waals surface area (Å²) in [6, 6.07) is 10.1. The van der Waals surface area contributed by atoms with Crippen LogP contribution >= 0.6 is 0 Å². The Morgan fingerprint density at radius 2 is 1.97 bits per heavy atom. The van der Waals surface area contributed by atoms with Crippen molar-refractivity contribution in [3.63, 3.8) is 0 Å². The highest BCUT2D eigenvalue weighted by atomic mass is 32.2. The highest BCUT2D eigenvalue weighted by Crippen LogP contribution is 2.27. The lowest BCUT2D eigenvalue weighted by atomic mass is 10.1. The lowest BCUT2D eigenvalue weighted by Crippen LogP contribution is -2.42. The minimum absolute atomic E-state index is 0.118. The normalized spacial score (nSPS) is 15.2. The number of benzene rings is 1. The maximum atomic E-state index is 12.4. The quantitative estimate of drug-likeness (QED) is 0.596. The third kappa shape index (κ3) is 5.11. The topological polar surface area (TPSA) is 104 Å². The molecular formula is C20H24N4O4S. The van der Waals surface area contributed by atoms with Gasteiger partial charge in [0, 0.05) is 17.5 Å². The summed E-state index contributed by atoms with van der Waals surface area (Å²) < 4.78 is 34.2. The van der Waals surface area contributed by atoms with Gasteiger partial charge in [0.15, 0.2) is 5.84 Å². The minimum atomic E-state index is -3.80. The summed E-state index contributed by atoms with van der Waals surface area (Å²) in [6.07, 6.45) is 1.60. The van der Waals surface area contributed by atoms with Gasteiger partial charge >= 0.3 is 0 Å². The Balaban J connectivity index is 1.89. The van der Waals surface area contributed by atoms with Crippen LogP contribution in [-0.4, -0.2) is 43.5 Å². The van der Waals surface area contributed by atoms with Gasteiger partial charge in [-0.05, 0) is 52.0 Å². The Morgan fingerprint density at radius 3 is 2.62 bits per heavy atom. The summed E-state index contributed by atoms with van der Waals surface area (Å²) in [4.78, 5) is 12.4. The maximum absolute atomic E-state index is 12.4. The van der Waals surface area contributed by atoms with Gasteiger partial charge in [0.1, 0.15) is 16.4 Å². The number of nitrogens with zero attached hydrogens (tertiary/aromatic N) is 3. The average molecular weight is 417 g/mol. The molecular weight excluding hydrogens is 392 g/mol. The van der Waals surface area contributed by atoms with Crippen LogP contribution in [-0.2, 0) is 14.8 Å². The second-order valence-electron chi connectivity index (χ2n) is 7.75. The molecule has 0 bridgehead atoms. The lowest BCUT2D eigenvalue weighted by molar-refractivity contribution is -0.122. The third-order valence-electron chi connectivity index (χ3n) is 4.01. The van der Waals surface area contributed by atoms with Crippen LogP contribution in [0.15, 0.2) is 55.2 Å². The van der Waals surface area contributed by atoms with E-state index in [-0.39, 0.29) is 35.1 Å². The number of furan rings is 1. The van der Waals surface area contributed by atoms with Crippen molar-refractivity contribution in [3.05, 3.63) is 53.5 Å². The molecule has 1 aromatic heterocycles. The molecule has 0 aliphatic carbocycles. The van der Waals surface area contributed by atoms with E-state index < -0.39 is 10.0 Å². The van der Waals surface area contributed by atoms with Crippen molar-refractivity contribution in [2.45, 2.75) is 44.6 Å². The van der Waals surface area contributed by atoms with Crippen LogP contribution < -0.4 is 5.32 Å². The van der Waals surface area contributed by atoms with Crippen molar-refractivity contribution in [1.29, 1.82) is 0 Å². The van der Waals surface area contributed by atoms with Crippen LogP contribution in [0.4, 0.5) is 0 Å². The summed E-state index contributed by atoms with van der Waals surface area (Å²) in [5, 5.41) is 8.67. The Hall–Kier alpha value is -2.94. The standard InChI is InChI=1S/C20H24N4O4S/c1-14-9-10-15(28-14)13-21-24(12-11-18(25)22-20(2,3)4)19-16-7-5-6-8-17(16)29(26,27)23-19/h5-10,13H,11-12H2,1-4H3,(H,22,25). The van der Waals surface area contributed by atoms with E-state index in [4.69, 9.17) is 4.42 Å². The number of hydrazone groups is 1. The minimum Gasteiger partial charge on any atom is -0.460 e. The fraction of sp³-hybridized carbons (Fsp3) is 0.350. The number of carbonyl (C=O) groups excluding carboxylic acids is 1. The van der Waals surface area contributed by atoms with E-state index >= 15 is 0 Å². The van der Waals surface area contributed by atoms with E-state index in [1.807, 2.05) is 27.7 Å². The molecule has 0 spiro atoms. The first-order chi connectivity index (χ1) is 13.5. The molecule has 0 atom stereocenters. The molecule has 3 rings (SSSR count). The zero-order valence-corrected chi connectivity index (χ0v) is 17.7. The second kappa shape index (κ2) is 7.82. The Kier molecular flexibility index (Phi) is 5.61. The molecule has 1 aromatic carbocycles. The molecule has 0 saturated carbocycles. The predicted octanol–water partition coefficient (Wildman–Crippen LogP) is 2.68. The first-order valence-corrected chi connectivity index (χ1v) is 10.6. The highest BCUT2D eigenvalue weighted by Gasteiger charge is 2.32. The van der Waals surface area contributed by atoms with Gasteiger partial charge in [0.25, 0.3) is 10.0 Å². The molecule has 9 heteroatoms. The molecule has 0 saturated heterocycles. The van der Waals surface area contributed by atoms with Gasteiger partial charge in [0.05, 0.1) is 12.8 Å². The summed E-state index contributed by atoms with van der Waals surface area (Å²) >= 11 is 0. The molecule has 0 unspecified atom stereocenters. The first kappa shape index (κ1) is 20.8. The number of sulfonamides is 1. The maximum Gasteiger partial charge on any atom is 0.285 e. The van der Waals surface area contributed by atoms with E-state index in [0.717, 1.165) is 5.76 Å². The van der Waals surface area contributed by atoms with Crippen molar-refractivity contribution >= 4 is 28.0 Å². The van der Waals surface area contributed by atoms with Crippen LogP contribution in [0, 0.1) is 6.92 Å². The summed E-state index contributed by atoms with van der Waals surface area (Å²) in [5.74, 6) is 1.26. The van der Waals surface area contributed by atoms with Gasteiger partial charge < -0.3 is 9.73 Å². The smallest absolute Gasteiger partial charge is 0.285 e. The summed E-state index contributed by atoms with van der Waals surface area (Å²) in [5.41, 5.74) is 0.0917. The van der Waals surface area contributed by atoms with Crippen molar-refractivity contribution in [1.82, 2.24) is 10.3 Å². The van der Waals surface area contributed by atoms with Gasteiger partial charge in [0.2, 0.25) is 5.91 Å². The van der Waals surface area contributed by atoms with Gasteiger partial charge in [-0.25, -0.2) is 5.01 Å². The van der Waals surface area contributed by atoms with Crippen molar-refractivity contribution in [2.24, 2.45) is 9.50 Å². The van der Waals surface area contributed by atoms with E-state index in [9.17, 15) is 13.2 Å². The predicted molar refractivity (Wildman–Crippen MR) is 110 cm³/mol. The molecule has 154 valence electrons. The first-order valence-electron chi connectivity index (χ1n) is 9.18. The number of amides is 1. The molecule has 8 nitrogen and oxygen atoms in total. The molecule has 0 fully saturated rings. The second-order valence-corrected chi connectivity index (χ2v) is 9.32. The zero-order valence-electron chi connectivity index (χ0n) is 16.8. The monoisotopic (exact) mass is 416 g/mol. The van der Waals surface area contributed by atoms with Crippen LogP contribution in [0.5, 0.6) is 0 Å². The molecule has 1 amide bonds. The fourth-order valence-corrected chi connectivity index (χ4v) is 4.04. The van der Waals surface area contributed by atoms with E-state index in [2.05, 4.69) is 14.8 Å². The van der Waals surface area contributed by atoms with Crippen LogP contribution in [0.1, 0.15) is 44.3 Å². The molecule has 1 aliphatic rings. The number of nitrogens with one attached hydrogen (secondary N) is 1. The van der Waals surface area contributed by atoms with Crippen LogP contribution in [0.3, 0.4) is 0 Å². The summed E-state index contributed by atoms with van der Waals surface area (Å²) in [6.45, 7) is 7.65. The van der Waals surface area contributed by atoms with Crippen LogP contribution in [0.2, 0.25) is 0 Å². The van der Waals surface area contributed by atoms with Crippen molar-refractivity contribution in [3.8, 4) is 0 Å². The van der Waals surface area contributed by atoms with Crippen LogP contribution in [0.25, 0.3) is 0 Å². The Labute approximate surface area is 170 Å². The van der Waals surface area contributed by atoms with Gasteiger partial charge in [-0.15, -0.1) is 4.40 Å². The Morgan fingerprint density at radius 1 is 1.24 bits per heavy atom. The van der Waals surface area contributed by atoms with Crippen molar-refractivity contribution < 1.29 is 17.6 Å². The molecule has 2 heterocycles. The lowest BCUT2D eigenvalue weighted by Gasteiger charge is -2.22. The molecule has 29 heavy (non-hydrogen) atoms. The van der Waals surface area contributed by atoms with Crippen molar-refractivity contribution in [2.75, 3.05) is 6.54 Å². The Bertz CT molecular complexity index is 1080. The highest BCUT2D eigenvalue weighted by molar-refractivity contribution is 7.90. The number of fused-ring (bicyclic) bond motifs is 1. The zero-order chi connectivity index (χ0) is 21.2. The molecule has 1 aliphatic heterocycles. The number of carbonyl (C=O) groups is 1. The largest absolute Gasteiger partial charge is 0.460 e. The average Bonchev–Trinajstić information content (AvgIpc) is 3.15. The SMILES string of the molecule is Cc1ccc(C=NN(CCC(=O)NC(C)(C)C)C2=NS(=O)(=O)c3ccccc32)o1. The summed E-state index contributed by atoms with van der Waals surface area (Å²) in [7, 11) is -3.80.